The van der Waals surface area contributed by atoms with Crippen LogP contribution in [0.25, 0.3) is 0 Å². The molecule has 4 amide bonds. The summed E-state index contributed by atoms with van der Waals surface area (Å²) in [6.07, 6.45) is 2.02. The fourth-order valence-corrected chi connectivity index (χ4v) is 4.84. The van der Waals surface area contributed by atoms with E-state index in [2.05, 4.69) is 35.1 Å². The zero-order valence-corrected chi connectivity index (χ0v) is 19.2. The summed E-state index contributed by atoms with van der Waals surface area (Å²) in [5.41, 5.74) is -0.262. The van der Waals surface area contributed by atoms with Crippen molar-refractivity contribution in [2.24, 2.45) is 10.8 Å². The van der Waals surface area contributed by atoms with Gasteiger partial charge in [-0.1, -0.05) is 20.8 Å². The number of amides is 4. The molecule has 1 saturated carbocycles. The van der Waals surface area contributed by atoms with Gasteiger partial charge in [-0.3, -0.25) is 0 Å². The fraction of sp³-hybridized carbons (Fsp3) is 0.417. The summed E-state index contributed by atoms with van der Waals surface area (Å²) in [6.45, 7) is 6.41. The number of urea groups is 2. The summed E-state index contributed by atoms with van der Waals surface area (Å²) in [5.74, 6) is -4.13. The maximum atomic E-state index is 13.4. The number of benzene rings is 2. The van der Waals surface area contributed by atoms with E-state index >= 15 is 0 Å². The number of carbonyl (C=O) groups is 2. The molecule has 1 fully saturated rings. The monoisotopic (exact) mass is 480 g/mol. The van der Waals surface area contributed by atoms with Crippen molar-refractivity contribution in [3.05, 3.63) is 59.7 Å². The second-order valence-electron chi connectivity index (χ2n) is 9.92. The van der Waals surface area contributed by atoms with Crippen molar-refractivity contribution in [3.63, 3.8) is 0 Å². The van der Waals surface area contributed by atoms with Crippen LogP contribution in [0.1, 0.15) is 40.0 Å². The normalized spacial score (nSPS) is 21.4. The Morgan fingerprint density at radius 3 is 1.88 bits per heavy atom. The smallest absolute Gasteiger partial charge is 0.319 e. The third kappa shape index (κ3) is 6.85. The molecule has 10 heteroatoms. The van der Waals surface area contributed by atoms with E-state index in [1.165, 1.54) is 12.1 Å². The summed E-state index contributed by atoms with van der Waals surface area (Å²) in [7, 11) is 0. The minimum atomic E-state index is -1.06. The van der Waals surface area contributed by atoms with Crippen molar-refractivity contribution in [3.8, 4) is 0 Å². The molecule has 0 unspecified atom stereocenters. The van der Waals surface area contributed by atoms with Gasteiger partial charge in [-0.05, 0) is 54.4 Å². The highest BCUT2D eigenvalue weighted by molar-refractivity contribution is 5.90. The summed E-state index contributed by atoms with van der Waals surface area (Å²) in [5, 5.41) is 10.6. The molecule has 2 aromatic rings. The molecule has 34 heavy (non-hydrogen) atoms. The first-order chi connectivity index (χ1) is 15.8. The molecule has 184 valence electrons. The number of hydrogen-bond donors (Lipinski definition) is 4. The summed E-state index contributed by atoms with van der Waals surface area (Å²) < 4.78 is 52.9. The van der Waals surface area contributed by atoms with Gasteiger partial charge in [-0.25, -0.2) is 27.2 Å². The Bertz CT molecular complexity index is 1080. The van der Waals surface area contributed by atoms with E-state index in [0.717, 1.165) is 30.7 Å². The van der Waals surface area contributed by atoms with Crippen LogP contribution in [-0.4, -0.2) is 24.6 Å². The summed E-state index contributed by atoms with van der Waals surface area (Å²) in [6, 6.07) is 4.86. The first kappa shape index (κ1) is 25.3. The minimum Gasteiger partial charge on any atom is -0.337 e. The topological polar surface area (TPSA) is 82.3 Å². The first-order valence-corrected chi connectivity index (χ1v) is 10.9. The second kappa shape index (κ2) is 9.90. The standard InChI is InChI=1S/C24H28F4N4O2/c1-23(2)10-16(32-22(34)31-15-5-7-18(26)20(28)9-15)11-24(3,12-23)13-29-21(33)30-14-4-6-17(25)19(27)8-14/h4-9,16H,10-13H2,1-3H3,(H2,29,30,33)(H2,31,32,34)/t16-,24-/m1/s1. The zero-order chi connectivity index (χ0) is 25.1. The quantitative estimate of drug-likeness (QED) is 0.410. The molecule has 2 aromatic carbocycles. The lowest BCUT2D eigenvalue weighted by molar-refractivity contribution is 0.0761. The van der Waals surface area contributed by atoms with Crippen molar-refractivity contribution in [1.29, 1.82) is 0 Å². The van der Waals surface area contributed by atoms with Crippen molar-refractivity contribution in [2.45, 2.75) is 46.1 Å². The largest absolute Gasteiger partial charge is 0.337 e. The molecular formula is C24H28F4N4O2. The molecule has 4 N–H and O–H groups in total. The molecule has 0 heterocycles. The lowest BCUT2D eigenvalue weighted by Crippen LogP contribution is -2.51. The Morgan fingerprint density at radius 1 is 0.824 bits per heavy atom. The highest BCUT2D eigenvalue weighted by Gasteiger charge is 2.41. The average molecular weight is 481 g/mol. The van der Waals surface area contributed by atoms with Gasteiger partial charge in [-0.15, -0.1) is 0 Å². The SMILES string of the molecule is CC1(C)C[C@@H](NC(=O)Nc2ccc(F)c(F)c2)C[C@@](C)(CNC(=O)Nc2ccc(F)c(F)c2)C1. The van der Waals surface area contributed by atoms with Crippen LogP contribution < -0.4 is 21.3 Å². The van der Waals surface area contributed by atoms with Gasteiger partial charge >= 0.3 is 12.1 Å². The van der Waals surface area contributed by atoms with Crippen LogP contribution in [0.15, 0.2) is 36.4 Å². The van der Waals surface area contributed by atoms with Gasteiger partial charge in [0, 0.05) is 36.1 Å². The molecule has 0 saturated heterocycles. The van der Waals surface area contributed by atoms with Crippen LogP contribution in [-0.2, 0) is 0 Å². The van der Waals surface area contributed by atoms with Crippen LogP contribution in [0.5, 0.6) is 0 Å². The van der Waals surface area contributed by atoms with Gasteiger partial charge in [0.15, 0.2) is 23.3 Å². The molecule has 6 nitrogen and oxygen atoms in total. The Balaban J connectivity index is 1.58. The van der Waals surface area contributed by atoms with Gasteiger partial charge in [0.2, 0.25) is 0 Å². The van der Waals surface area contributed by atoms with E-state index in [-0.39, 0.29) is 34.8 Å². The number of carbonyl (C=O) groups excluding carboxylic acids is 2. The Hall–Kier alpha value is -3.30. The number of hydrogen-bond acceptors (Lipinski definition) is 2. The van der Waals surface area contributed by atoms with Gasteiger partial charge < -0.3 is 21.3 Å². The Labute approximate surface area is 195 Å². The van der Waals surface area contributed by atoms with E-state index in [1.54, 1.807) is 0 Å². The third-order valence-corrected chi connectivity index (χ3v) is 5.81. The molecule has 2 atom stereocenters. The second-order valence-corrected chi connectivity index (χ2v) is 9.92. The van der Waals surface area contributed by atoms with Crippen molar-refractivity contribution < 1.29 is 27.2 Å². The third-order valence-electron chi connectivity index (χ3n) is 5.81. The molecule has 0 radical (unpaired) electrons. The number of anilines is 2. The summed E-state index contributed by atoms with van der Waals surface area (Å²) >= 11 is 0. The fourth-order valence-electron chi connectivity index (χ4n) is 4.84. The maximum Gasteiger partial charge on any atom is 0.319 e. The van der Waals surface area contributed by atoms with E-state index < -0.39 is 35.3 Å². The molecule has 1 aliphatic carbocycles. The van der Waals surface area contributed by atoms with Crippen LogP contribution in [0.2, 0.25) is 0 Å². The highest BCUT2D eigenvalue weighted by Crippen LogP contribution is 2.45. The van der Waals surface area contributed by atoms with Crippen LogP contribution in [0.3, 0.4) is 0 Å². The molecule has 1 aliphatic rings. The van der Waals surface area contributed by atoms with E-state index in [1.807, 2.05) is 6.92 Å². The maximum absolute atomic E-state index is 13.4. The van der Waals surface area contributed by atoms with Crippen molar-refractivity contribution in [1.82, 2.24) is 10.6 Å². The predicted octanol–water partition coefficient (Wildman–Crippen LogP) is 5.77. The van der Waals surface area contributed by atoms with E-state index in [4.69, 9.17) is 0 Å². The summed E-state index contributed by atoms with van der Waals surface area (Å²) in [4.78, 5) is 24.7. The number of rotatable bonds is 5. The molecule has 0 aliphatic heterocycles. The van der Waals surface area contributed by atoms with Gasteiger partial charge in [0.1, 0.15) is 0 Å². The molecule has 0 spiro atoms. The van der Waals surface area contributed by atoms with Crippen LogP contribution >= 0.6 is 0 Å². The first-order valence-electron chi connectivity index (χ1n) is 10.9. The minimum absolute atomic E-state index is 0.124. The van der Waals surface area contributed by atoms with Crippen LogP contribution in [0, 0.1) is 34.1 Å². The molecule has 0 aromatic heterocycles. The van der Waals surface area contributed by atoms with Crippen LogP contribution in [0.4, 0.5) is 38.5 Å². The lowest BCUT2D eigenvalue weighted by atomic mass is 9.62. The Kier molecular flexibility index (Phi) is 7.38. The van der Waals surface area contributed by atoms with Crippen molar-refractivity contribution >= 4 is 23.4 Å². The van der Waals surface area contributed by atoms with Gasteiger partial charge in [0.25, 0.3) is 0 Å². The number of halogens is 4. The number of nitrogens with one attached hydrogen (secondary N) is 4. The highest BCUT2D eigenvalue weighted by atomic mass is 19.2. The van der Waals surface area contributed by atoms with E-state index in [9.17, 15) is 27.2 Å². The average Bonchev–Trinajstić information content (AvgIpc) is 2.70. The predicted molar refractivity (Wildman–Crippen MR) is 121 cm³/mol. The van der Waals surface area contributed by atoms with Crippen molar-refractivity contribution in [2.75, 3.05) is 17.2 Å². The van der Waals surface area contributed by atoms with Gasteiger partial charge in [-0.2, -0.15) is 0 Å². The zero-order valence-electron chi connectivity index (χ0n) is 19.2. The molecular weight excluding hydrogens is 452 g/mol. The lowest BCUT2D eigenvalue weighted by Gasteiger charge is -2.46. The molecule has 3 rings (SSSR count). The van der Waals surface area contributed by atoms with E-state index in [0.29, 0.717) is 12.8 Å². The molecule has 0 bridgehead atoms. The Morgan fingerprint density at radius 2 is 1.35 bits per heavy atom. The van der Waals surface area contributed by atoms with Gasteiger partial charge in [0.05, 0.1) is 0 Å².